The number of nitrogens with one attached hydrogen (secondary N) is 5. The highest BCUT2D eigenvalue weighted by atomic mass is 33.1. The summed E-state index contributed by atoms with van der Waals surface area (Å²) in [6.07, 6.45) is 0.287. The third kappa shape index (κ3) is 12.5. The molecule has 14 nitrogen and oxygen atoms in total. The van der Waals surface area contributed by atoms with Gasteiger partial charge in [-0.25, -0.2) is 0 Å². The molecule has 1 heterocycles. The van der Waals surface area contributed by atoms with Gasteiger partial charge in [-0.1, -0.05) is 94.4 Å². The van der Waals surface area contributed by atoms with Crippen LogP contribution in [0.25, 0.3) is 0 Å². The van der Waals surface area contributed by atoms with Crippen molar-refractivity contribution in [3.63, 3.8) is 0 Å². The highest BCUT2D eigenvalue weighted by Crippen LogP contribution is 2.46. The molecule has 0 radical (unpaired) electrons. The van der Waals surface area contributed by atoms with Crippen molar-refractivity contribution in [3.05, 3.63) is 102 Å². The molecule has 1 aliphatic heterocycles. The predicted molar refractivity (Wildman–Crippen MR) is 213 cm³/mol. The van der Waals surface area contributed by atoms with Crippen LogP contribution in [-0.2, 0) is 48.0 Å². The van der Waals surface area contributed by atoms with Crippen LogP contribution in [0.2, 0.25) is 0 Å². The first kappa shape index (κ1) is 42.7. The fourth-order valence-electron chi connectivity index (χ4n) is 5.79. The molecule has 0 aromatic heterocycles. The number of hydrogen-bond donors (Lipinski definition) is 8. The second-order valence-corrected chi connectivity index (χ2v) is 17.9. The SMILES string of the molecule is CC1(C)SSC(C)(C)[C@H](C(=O)N[C@@H](Cc2ccccc2)C(N)=O)NC(=O)[C@H](Cc2ccccc2)NC(=O)CNC(=O)C1NC(=O)[C@@H](N)Cc1ccc(O)cc1. The number of carbonyl (C=O) groups excluding carboxylic acids is 6. The van der Waals surface area contributed by atoms with Crippen molar-refractivity contribution in [1.29, 1.82) is 0 Å². The monoisotopic (exact) mass is 791 g/mol. The van der Waals surface area contributed by atoms with Crippen LogP contribution in [0, 0.1) is 0 Å². The first-order valence-electron chi connectivity index (χ1n) is 17.7. The van der Waals surface area contributed by atoms with E-state index in [-0.39, 0.29) is 25.0 Å². The highest BCUT2D eigenvalue weighted by Gasteiger charge is 2.45. The van der Waals surface area contributed by atoms with Gasteiger partial charge < -0.3 is 43.2 Å². The Labute approximate surface area is 328 Å². The molecule has 0 saturated carbocycles. The molecule has 3 aromatic rings. The zero-order valence-corrected chi connectivity index (χ0v) is 32.8. The molecule has 0 aliphatic carbocycles. The minimum Gasteiger partial charge on any atom is -0.508 e. The standard InChI is InChI=1S/C39H49N7O7S2/c1-38(2)31(45-34(50)27(40)19-25-15-17-26(47)18-16-25)36(52)42-22-30(48)43-29(21-24-13-9-6-10-14-24)35(51)46-32(39(3,4)55-54-38)37(53)44-28(33(41)49)20-23-11-7-5-8-12-23/h5-18,27-29,31-32,47H,19-22,40H2,1-4H3,(H2,41,49)(H,42,52)(H,43,48)(H,44,53)(H,45,50)(H,46,51)/t27-,28-,29-,31?,32-/m0/s1. The smallest absolute Gasteiger partial charge is 0.244 e. The van der Waals surface area contributed by atoms with Gasteiger partial charge in [0.1, 0.15) is 29.9 Å². The molecule has 5 atom stereocenters. The van der Waals surface area contributed by atoms with Crippen LogP contribution in [0.4, 0.5) is 0 Å². The molecule has 6 amide bonds. The van der Waals surface area contributed by atoms with E-state index in [9.17, 15) is 33.9 Å². The van der Waals surface area contributed by atoms with Gasteiger partial charge in [-0.05, 0) is 62.9 Å². The number of aromatic hydroxyl groups is 1. The minimum absolute atomic E-state index is 0.0611. The summed E-state index contributed by atoms with van der Waals surface area (Å²) in [5, 5.41) is 23.2. The summed E-state index contributed by atoms with van der Waals surface area (Å²) in [7, 11) is 2.38. The topological polar surface area (TPSA) is 235 Å². The zero-order chi connectivity index (χ0) is 40.3. The lowest BCUT2D eigenvalue weighted by atomic mass is 9.98. The van der Waals surface area contributed by atoms with E-state index in [1.165, 1.54) is 33.7 Å². The zero-order valence-electron chi connectivity index (χ0n) is 31.2. The summed E-state index contributed by atoms with van der Waals surface area (Å²) >= 11 is 0. The Morgan fingerprint density at radius 3 is 1.96 bits per heavy atom. The average Bonchev–Trinajstić information content (AvgIpc) is 3.14. The van der Waals surface area contributed by atoms with Gasteiger partial charge in [0.15, 0.2) is 0 Å². The normalized spacial score (nSPS) is 21.3. The van der Waals surface area contributed by atoms with E-state index in [0.717, 1.165) is 11.1 Å². The molecule has 16 heteroatoms. The van der Waals surface area contributed by atoms with E-state index in [1.807, 2.05) is 12.1 Å². The Bertz CT molecular complexity index is 1830. The molecule has 55 heavy (non-hydrogen) atoms. The van der Waals surface area contributed by atoms with Crippen molar-refractivity contribution in [2.75, 3.05) is 6.54 Å². The van der Waals surface area contributed by atoms with Crippen molar-refractivity contribution < 1.29 is 33.9 Å². The minimum atomic E-state index is -1.29. The van der Waals surface area contributed by atoms with Crippen LogP contribution < -0.4 is 38.1 Å². The molecule has 1 fully saturated rings. The number of rotatable bonds is 11. The van der Waals surface area contributed by atoms with Crippen molar-refractivity contribution in [2.45, 2.75) is 86.7 Å². The number of primary amides is 1. The molecule has 4 rings (SSSR count). The highest BCUT2D eigenvalue weighted by molar-refractivity contribution is 8.77. The second-order valence-electron chi connectivity index (χ2n) is 14.4. The lowest BCUT2D eigenvalue weighted by Crippen LogP contribution is -2.63. The fraction of sp³-hybridized carbons (Fsp3) is 0.385. The summed E-state index contributed by atoms with van der Waals surface area (Å²) < 4.78 is -2.23. The molecule has 1 aliphatic rings. The maximum Gasteiger partial charge on any atom is 0.244 e. The number of nitrogens with two attached hydrogens (primary N) is 2. The summed E-state index contributed by atoms with van der Waals surface area (Å²) in [5.41, 5.74) is 14.2. The van der Waals surface area contributed by atoms with Crippen LogP contribution in [0.3, 0.4) is 0 Å². The summed E-state index contributed by atoms with van der Waals surface area (Å²) in [5.74, 6) is -4.04. The maximum atomic E-state index is 14.2. The summed E-state index contributed by atoms with van der Waals surface area (Å²) in [6.45, 7) is 6.36. The number of benzene rings is 3. The number of phenols is 1. The van der Waals surface area contributed by atoms with Crippen molar-refractivity contribution in [3.8, 4) is 5.75 Å². The first-order chi connectivity index (χ1) is 25.9. The third-order valence-corrected chi connectivity index (χ3v) is 13.2. The molecule has 10 N–H and O–H groups in total. The number of phenolic OH excluding ortho intramolecular Hbond substituents is 1. The van der Waals surface area contributed by atoms with Gasteiger partial charge in [-0.2, -0.15) is 0 Å². The van der Waals surface area contributed by atoms with Gasteiger partial charge >= 0.3 is 0 Å². The van der Waals surface area contributed by atoms with E-state index in [1.54, 1.807) is 88.4 Å². The van der Waals surface area contributed by atoms with Crippen molar-refractivity contribution >= 4 is 57.0 Å². The molecule has 0 spiro atoms. The van der Waals surface area contributed by atoms with Crippen LogP contribution >= 0.6 is 21.6 Å². The van der Waals surface area contributed by atoms with Gasteiger partial charge in [0.2, 0.25) is 35.4 Å². The van der Waals surface area contributed by atoms with E-state index in [0.29, 0.717) is 5.56 Å². The fourth-order valence-corrected chi connectivity index (χ4v) is 8.61. The Balaban J connectivity index is 1.66. The van der Waals surface area contributed by atoms with E-state index >= 15 is 0 Å². The van der Waals surface area contributed by atoms with Gasteiger partial charge in [0.25, 0.3) is 0 Å². The molecular weight excluding hydrogens is 743 g/mol. The van der Waals surface area contributed by atoms with Crippen molar-refractivity contribution in [2.24, 2.45) is 11.5 Å². The van der Waals surface area contributed by atoms with Gasteiger partial charge in [-0.15, -0.1) is 0 Å². The number of carbonyl (C=O) groups is 6. The maximum absolute atomic E-state index is 14.2. The summed E-state index contributed by atoms with van der Waals surface area (Å²) in [6, 6.07) is 18.4. The van der Waals surface area contributed by atoms with Crippen LogP contribution in [0.5, 0.6) is 5.75 Å². The second kappa shape index (κ2) is 19.0. The van der Waals surface area contributed by atoms with Crippen LogP contribution in [0.15, 0.2) is 84.9 Å². The quantitative estimate of drug-likeness (QED) is 0.130. The third-order valence-electron chi connectivity index (χ3n) is 8.99. The molecule has 1 saturated heterocycles. The Morgan fingerprint density at radius 1 is 0.800 bits per heavy atom. The Kier molecular flexibility index (Phi) is 14.7. The Hall–Kier alpha value is -5.06. The van der Waals surface area contributed by atoms with Crippen LogP contribution in [0.1, 0.15) is 44.4 Å². The largest absolute Gasteiger partial charge is 0.508 e. The molecule has 1 unspecified atom stereocenters. The molecule has 3 aromatic carbocycles. The number of hydrogen-bond acceptors (Lipinski definition) is 10. The van der Waals surface area contributed by atoms with E-state index < -0.39 is 81.7 Å². The van der Waals surface area contributed by atoms with E-state index in [2.05, 4.69) is 26.6 Å². The number of amides is 6. The Morgan fingerprint density at radius 2 is 1.36 bits per heavy atom. The van der Waals surface area contributed by atoms with Gasteiger partial charge in [0, 0.05) is 22.3 Å². The van der Waals surface area contributed by atoms with Gasteiger partial charge in [0.05, 0.1) is 12.6 Å². The van der Waals surface area contributed by atoms with Crippen LogP contribution in [-0.4, -0.2) is 86.8 Å². The first-order valence-corrected chi connectivity index (χ1v) is 19.9. The van der Waals surface area contributed by atoms with Crippen molar-refractivity contribution in [1.82, 2.24) is 26.6 Å². The lowest BCUT2D eigenvalue weighted by Gasteiger charge is -2.39. The molecule has 294 valence electrons. The van der Waals surface area contributed by atoms with Gasteiger partial charge in [-0.3, -0.25) is 28.8 Å². The van der Waals surface area contributed by atoms with E-state index in [4.69, 9.17) is 11.5 Å². The molecular formula is C39H49N7O7S2. The average molecular weight is 792 g/mol. The summed E-state index contributed by atoms with van der Waals surface area (Å²) in [4.78, 5) is 81.5. The predicted octanol–water partition coefficient (Wildman–Crippen LogP) is 1.24. The lowest BCUT2D eigenvalue weighted by molar-refractivity contribution is -0.134. The molecule has 0 bridgehead atoms.